The zero-order valence-corrected chi connectivity index (χ0v) is 15.1. The van der Waals surface area contributed by atoms with E-state index in [1.807, 2.05) is 0 Å². The van der Waals surface area contributed by atoms with Gasteiger partial charge in [0, 0.05) is 19.1 Å². The molecular weight excluding hydrogens is 320 g/mol. The third-order valence-corrected chi connectivity index (χ3v) is 7.46. The van der Waals surface area contributed by atoms with Crippen LogP contribution in [0.15, 0.2) is 0 Å². The molecule has 3 fully saturated rings. The topological polar surface area (TPSA) is 49.4 Å². The van der Waals surface area contributed by atoms with Crippen molar-refractivity contribution in [3.8, 4) is 0 Å². The van der Waals surface area contributed by atoms with Crippen molar-refractivity contribution in [1.29, 1.82) is 0 Å². The molecule has 3 rings (SSSR count). The van der Waals surface area contributed by atoms with Crippen LogP contribution in [0.1, 0.15) is 57.8 Å². The van der Waals surface area contributed by atoms with Crippen LogP contribution in [-0.4, -0.2) is 44.2 Å². The number of hydrogen-bond acceptors (Lipinski definition) is 3. The molecule has 1 aliphatic heterocycles. The smallest absolute Gasteiger partial charge is 0.214 e. The highest BCUT2D eigenvalue weighted by molar-refractivity contribution is 7.89. The third-order valence-electron chi connectivity index (χ3n) is 5.41. The molecule has 3 aliphatic rings. The van der Waals surface area contributed by atoms with E-state index >= 15 is 0 Å². The fourth-order valence-electron chi connectivity index (χ4n) is 3.75. The van der Waals surface area contributed by atoms with Crippen molar-refractivity contribution in [2.75, 3.05) is 25.4 Å². The number of nitrogens with one attached hydrogen (secondary N) is 1. The van der Waals surface area contributed by atoms with Crippen molar-refractivity contribution in [2.45, 2.75) is 63.8 Å². The van der Waals surface area contributed by atoms with Gasteiger partial charge in [-0.1, -0.05) is 19.3 Å². The van der Waals surface area contributed by atoms with E-state index in [1.54, 1.807) is 4.31 Å². The summed E-state index contributed by atoms with van der Waals surface area (Å²) < 4.78 is 26.8. The molecule has 0 aromatic heterocycles. The number of rotatable bonds is 6. The largest absolute Gasteiger partial charge is 0.314 e. The molecule has 6 heteroatoms. The van der Waals surface area contributed by atoms with Gasteiger partial charge in [-0.2, -0.15) is 0 Å². The molecule has 22 heavy (non-hydrogen) atoms. The Kier molecular flexibility index (Phi) is 6.99. The summed E-state index contributed by atoms with van der Waals surface area (Å²) in [6, 6.07) is 0.534. The van der Waals surface area contributed by atoms with Gasteiger partial charge in [-0.3, -0.25) is 0 Å². The lowest BCUT2D eigenvalue weighted by Crippen LogP contribution is -2.46. The van der Waals surface area contributed by atoms with Crippen LogP contribution < -0.4 is 5.32 Å². The van der Waals surface area contributed by atoms with Crippen LogP contribution >= 0.6 is 12.4 Å². The Morgan fingerprint density at radius 3 is 2.09 bits per heavy atom. The van der Waals surface area contributed by atoms with Crippen LogP contribution in [0.3, 0.4) is 0 Å². The zero-order chi connectivity index (χ0) is 14.7. The number of sulfonamides is 1. The molecule has 0 spiro atoms. The number of piperidine rings is 1. The molecule has 0 atom stereocenters. The second kappa shape index (κ2) is 8.32. The molecule has 0 aromatic carbocycles. The SMILES string of the molecule is Cl.O=S(=O)(CC1CCCCC1)N1CCC(NCC2CC2)CC1. The Morgan fingerprint density at radius 2 is 1.50 bits per heavy atom. The lowest BCUT2D eigenvalue weighted by molar-refractivity contribution is 0.284. The molecule has 130 valence electrons. The Morgan fingerprint density at radius 1 is 0.864 bits per heavy atom. The predicted octanol–water partition coefficient (Wildman–Crippen LogP) is 2.78. The Balaban J connectivity index is 0.00000176. The Labute approximate surface area is 141 Å². The monoisotopic (exact) mass is 350 g/mol. The van der Waals surface area contributed by atoms with Crippen molar-refractivity contribution in [2.24, 2.45) is 11.8 Å². The van der Waals surface area contributed by atoms with Crippen LogP contribution in [0, 0.1) is 11.8 Å². The molecule has 4 nitrogen and oxygen atoms in total. The maximum absolute atomic E-state index is 12.5. The third kappa shape index (κ3) is 5.36. The van der Waals surface area contributed by atoms with E-state index in [-0.39, 0.29) is 12.4 Å². The predicted molar refractivity (Wildman–Crippen MR) is 92.9 cm³/mol. The maximum Gasteiger partial charge on any atom is 0.214 e. The fourth-order valence-corrected chi connectivity index (χ4v) is 5.66. The minimum Gasteiger partial charge on any atom is -0.314 e. The van der Waals surface area contributed by atoms with E-state index in [9.17, 15) is 8.42 Å². The molecule has 1 saturated heterocycles. The molecule has 2 saturated carbocycles. The number of nitrogens with zero attached hydrogens (tertiary/aromatic N) is 1. The van der Waals surface area contributed by atoms with Gasteiger partial charge in [0.25, 0.3) is 0 Å². The van der Waals surface area contributed by atoms with Crippen LogP contribution in [0.2, 0.25) is 0 Å². The minimum absolute atomic E-state index is 0. The lowest BCUT2D eigenvalue weighted by Gasteiger charge is -2.33. The van der Waals surface area contributed by atoms with E-state index in [4.69, 9.17) is 0 Å². The first-order valence-electron chi connectivity index (χ1n) is 8.85. The van der Waals surface area contributed by atoms with Gasteiger partial charge in [-0.15, -0.1) is 12.4 Å². The molecule has 0 bridgehead atoms. The quantitative estimate of drug-likeness (QED) is 0.801. The summed E-state index contributed by atoms with van der Waals surface area (Å²) in [7, 11) is -3.02. The van der Waals surface area contributed by atoms with E-state index in [0.29, 0.717) is 17.7 Å². The van der Waals surface area contributed by atoms with Crippen molar-refractivity contribution >= 4 is 22.4 Å². The molecule has 2 aliphatic carbocycles. The van der Waals surface area contributed by atoms with E-state index in [0.717, 1.165) is 51.2 Å². The van der Waals surface area contributed by atoms with Gasteiger partial charge in [-0.25, -0.2) is 12.7 Å². The van der Waals surface area contributed by atoms with Gasteiger partial charge in [0.2, 0.25) is 10.0 Å². The molecular formula is C16H31ClN2O2S. The first-order valence-corrected chi connectivity index (χ1v) is 10.5. The molecule has 1 heterocycles. The summed E-state index contributed by atoms with van der Waals surface area (Å²) in [5, 5.41) is 3.62. The lowest BCUT2D eigenvalue weighted by atomic mass is 9.91. The molecule has 0 amide bonds. The minimum atomic E-state index is -3.02. The van der Waals surface area contributed by atoms with Gasteiger partial charge in [-0.05, 0) is 56.9 Å². The van der Waals surface area contributed by atoms with Crippen molar-refractivity contribution in [3.63, 3.8) is 0 Å². The highest BCUT2D eigenvalue weighted by Crippen LogP contribution is 2.29. The second-order valence-electron chi connectivity index (χ2n) is 7.31. The van der Waals surface area contributed by atoms with Crippen molar-refractivity contribution < 1.29 is 8.42 Å². The standard InChI is InChI=1S/C16H30N2O2S.ClH/c19-21(20,13-15-4-2-1-3-5-15)18-10-8-16(9-11-18)17-12-14-6-7-14;/h14-17H,1-13H2;1H. The van der Waals surface area contributed by atoms with Gasteiger partial charge in [0.1, 0.15) is 0 Å². The van der Waals surface area contributed by atoms with Crippen LogP contribution in [0.4, 0.5) is 0 Å². The van der Waals surface area contributed by atoms with Crippen molar-refractivity contribution in [1.82, 2.24) is 9.62 Å². The summed E-state index contributed by atoms with van der Waals surface area (Å²) >= 11 is 0. The van der Waals surface area contributed by atoms with Crippen LogP contribution in [-0.2, 0) is 10.0 Å². The number of halogens is 1. The van der Waals surface area contributed by atoms with Crippen molar-refractivity contribution in [3.05, 3.63) is 0 Å². The molecule has 0 radical (unpaired) electrons. The van der Waals surface area contributed by atoms with Gasteiger partial charge in [0.05, 0.1) is 5.75 Å². The summed E-state index contributed by atoms with van der Waals surface area (Å²) in [6.45, 7) is 2.58. The summed E-state index contributed by atoms with van der Waals surface area (Å²) in [5.74, 6) is 1.71. The summed E-state index contributed by atoms with van der Waals surface area (Å²) in [4.78, 5) is 0. The van der Waals surface area contributed by atoms with Gasteiger partial charge >= 0.3 is 0 Å². The zero-order valence-electron chi connectivity index (χ0n) is 13.5. The van der Waals surface area contributed by atoms with E-state index < -0.39 is 10.0 Å². The van der Waals surface area contributed by atoms with Crippen LogP contribution in [0.25, 0.3) is 0 Å². The molecule has 0 unspecified atom stereocenters. The average Bonchev–Trinajstić information content (AvgIpc) is 3.30. The fraction of sp³-hybridized carbons (Fsp3) is 1.00. The van der Waals surface area contributed by atoms with E-state index in [2.05, 4.69) is 5.32 Å². The average molecular weight is 351 g/mol. The highest BCUT2D eigenvalue weighted by Gasteiger charge is 2.31. The summed E-state index contributed by atoms with van der Waals surface area (Å²) in [5.41, 5.74) is 0. The maximum atomic E-state index is 12.5. The highest BCUT2D eigenvalue weighted by atomic mass is 35.5. The molecule has 0 aromatic rings. The Bertz CT molecular complexity index is 425. The normalized spacial score (nSPS) is 25.8. The van der Waals surface area contributed by atoms with Gasteiger partial charge < -0.3 is 5.32 Å². The Hall–Kier alpha value is 0.160. The number of hydrogen-bond donors (Lipinski definition) is 1. The van der Waals surface area contributed by atoms with Crippen LogP contribution in [0.5, 0.6) is 0 Å². The summed E-state index contributed by atoms with van der Waals surface area (Å²) in [6.07, 6.45) is 10.7. The van der Waals surface area contributed by atoms with E-state index in [1.165, 1.54) is 32.1 Å². The second-order valence-corrected chi connectivity index (χ2v) is 9.32. The first kappa shape index (κ1) is 18.5. The first-order chi connectivity index (χ1) is 10.1. The van der Waals surface area contributed by atoms with Gasteiger partial charge in [0.15, 0.2) is 0 Å². The molecule has 1 N–H and O–H groups in total.